The van der Waals surface area contributed by atoms with Crippen molar-refractivity contribution in [2.45, 2.75) is 38.1 Å². The van der Waals surface area contributed by atoms with E-state index in [1.54, 1.807) is 0 Å². The summed E-state index contributed by atoms with van der Waals surface area (Å²) in [5.41, 5.74) is -0.202. The van der Waals surface area contributed by atoms with E-state index in [1.807, 2.05) is 7.05 Å². The summed E-state index contributed by atoms with van der Waals surface area (Å²) in [4.78, 5) is 0. The molecule has 0 amide bonds. The van der Waals surface area contributed by atoms with E-state index in [0.29, 0.717) is 0 Å². The van der Waals surface area contributed by atoms with Crippen molar-refractivity contribution in [3.8, 4) is 6.07 Å². The molecule has 0 atom stereocenters. The molecule has 2 heteroatoms. The molecule has 0 bridgehead atoms. The van der Waals surface area contributed by atoms with Crippen molar-refractivity contribution < 1.29 is 0 Å². The highest BCUT2D eigenvalue weighted by atomic mass is 14.9. The summed E-state index contributed by atoms with van der Waals surface area (Å²) >= 11 is 0. The summed E-state index contributed by atoms with van der Waals surface area (Å²) in [5, 5.41) is 12.0. The molecule has 1 N–H and O–H groups in total. The molecule has 1 saturated carbocycles. The standard InChI is InChI=1S/C9H16N2/c1-8-3-5-9(7-10,11-2)6-4-8/h8,11H,3-6H2,1-2H3. The molecule has 0 aromatic heterocycles. The molecule has 1 fully saturated rings. The van der Waals surface area contributed by atoms with Gasteiger partial charge in [-0.05, 0) is 38.6 Å². The molecule has 11 heavy (non-hydrogen) atoms. The van der Waals surface area contributed by atoms with Crippen molar-refractivity contribution in [1.29, 1.82) is 5.26 Å². The highest BCUT2D eigenvalue weighted by molar-refractivity contribution is 5.08. The van der Waals surface area contributed by atoms with Crippen LogP contribution in [-0.4, -0.2) is 12.6 Å². The molecule has 0 saturated heterocycles. The van der Waals surface area contributed by atoms with E-state index in [2.05, 4.69) is 18.3 Å². The monoisotopic (exact) mass is 152 g/mol. The summed E-state index contributed by atoms with van der Waals surface area (Å²) in [6.45, 7) is 2.26. The van der Waals surface area contributed by atoms with Gasteiger partial charge in [0.05, 0.1) is 6.07 Å². The highest BCUT2D eigenvalue weighted by Gasteiger charge is 2.32. The molecule has 2 nitrogen and oxygen atoms in total. The van der Waals surface area contributed by atoms with E-state index in [0.717, 1.165) is 18.8 Å². The van der Waals surface area contributed by atoms with Gasteiger partial charge in [-0.2, -0.15) is 5.26 Å². The Kier molecular flexibility index (Phi) is 2.51. The molecule has 0 unspecified atom stereocenters. The van der Waals surface area contributed by atoms with Crippen LogP contribution in [-0.2, 0) is 0 Å². The quantitative estimate of drug-likeness (QED) is 0.620. The van der Waals surface area contributed by atoms with E-state index in [1.165, 1.54) is 12.8 Å². The van der Waals surface area contributed by atoms with Gasteiger partial charge in [0.2, 0.25) is 0 Å². The van der Waals surface area contributed by atoms with Crippen molar-refractivity contribution in [2.75, 3.05) is 7.05 Å². The molecule has 1 aliphatic carbocycles. The Hall–Kier alpha value is -0.550. The van der Waals surface area contributed by atoms with Gasteiger partial charge in [0.15, 0.2) is 0 Å². The molecule has 0 aromatic carbocycles. The van der Waals surface area contributed by atoms with Gasteiger partial charge in [-0.3, -0.25) is 0 Å². The van der Waals surface area contributed by atoms with E-state index < -0.39 is 0 Å². The zero-order chi connectivity index (χ0) is 8.32. The lowest BCUT2D eigenvalue weighted by Crippen LogP contribution is -2.44. The van der Waals surface area contributed by atoms with Gasteiger partial charge in [0, 0.05) is 0 Å². The number of nitriles is 1. The predicted molar refractivity (Wildman–Crippen MR) is 45.0 cm³/mol. The minimum Gasteiger partial charge on any atom is -0.302 e. The van der Waals surface area contributed by atoms with E-state index >= 15 is 0 Å². The summed E-state index contributed by atoms with van der Waals surface area (Å²) in [5.74, 6) is 0.810. The first kappa shape index (κ1) is 8.55. The Morgan fingerprint density at radius 3 is 2.36 bits per heavy atom. The van der Waals surface area contributed by atoms with Gasteiger partial charge in [0.25, 0.3) is 0 Å². The molecule has 62 valence electrons. The van der Waals surface area contributed by atoms with Gasteiger partial charge >= 0.3 is 0 Å². The molecular weight excluding hydrogens is 136 g/mol. The average Bonchev–Trinajstić information content (AvgIpc) is 2.07. The lowest BCUT2D eigenvalue weighted by atomic mass is 9.78. The maximum absolute atomic E-state index is 8.92. The molecular formula is C9H16N2. The first-order valence-corrected chi connectivity index (χ1v) is 4.32. The van der Waals surface area contributed by atoms with Crippen LogP contribution in [0.4, 0.5) is 0 Å². The Morgan fingerprint density at radius 2 is 2.00 bits per heavy atom. The summed E-state index contributed by atoms with van der Waals surface area (Å²) in [6, 6.07) is 2.38. The van der Waals surface area contributed by atoms with Crippen LogP contribution in [0.25, 0.3) is 0 Å². The van der Waals surface area contributed by atoms with Crippen LogP contribution in [0.15, 0.2) is 0 Å². The van der Waals surface area contributed by atoms with Crippen LogP contribution in [0.1, 0.15) is 32.6 Å². The summed E-state index contributed by atoms with van der Waals surface area (Å²) in [6.07, 6.45) is 4.41. The Bertz CT molecular complexity index is 161. The summed E-state index contributed by atoms with van der Waals surface area (Å²) in [7, 11) is 1.89. The van der Waals surface area contributed by atoms with Crippen molar-refractivity contribution in [3.63, 3.8) is 0 Å². The number of nitrogens with zero attached hydrogens (tertiary/aromatic N) is 1. The minimum absolute atomic E-state index is 0.202. The topological polar surface area (TPSA) is 35.8 Å². The van der Waals surface area contributed by atoms with Crippen molar-refractivity contribution in [1.82, 2.24) is 5.32 Å². The smallest absolute Gasteiger partial charge is 0.106 e. The molecule has 1 rings (SSSR count). The number of nitrogens with one attached hydrogen (secondary N) is 1. The third-order valence-electron chi connectivity index (χ3n) is 2.82. The number of hydrogen-bond donors (Lipinski definition) is 1. The second kappa shape index (κ2) is 3.23. The zero-order valence-corrected chi connectivity index (χ0v) is 7.35. The van der Waals surface area contributed by atoms with Crippen molar-refractivity contribution >= 4 is 0 Å². The van der Waals surface area contributed by atoms with Crippen LogP contribution in [0.5, 0.6) is 0 Å². The molecule has 0 aromatic rings. The largest absolute Gasteiger partial charge is 0.302 e. The number of rotatable bonds is 1. The first-order valence-electron chi connectivity index (χ1n) is 4.32. The van der Waals surface area contributed by atoms with Gasteiger partial charge in [0.1, 0.15) is 5.54 Å². The summed E-state index contributed by atoms with van der Waals surface area (Å²) < 4.78 is 0. The second-order valence-electron chi connectivity index (χ2n) is 3.63. The van der Waals surface area contributed by atoms with Gasteiger partial charge < -0.3 is 5.32 Å². The van der Waals surface area contributed by atoms with Crippen LogP contribution in [0.3, 0.4) is 0 Å². The SMILES string of the molecule is CNC1(C#N)CCC(C)CC1. The molecule has 0 aliphatic heterocycles. The predicted octanol–water partition coefficient (Wildman–Crippen LogP) is 1.68. The lowest BCUT2D eigenvalue weighted by molar-refractivity contribution is 0.262. The molecule has 1 aliphatic rings. The maximum atomic E-state index is 8.92. The Morgan fingerprint density at radius 1 is 1.45 bits per heavy atom. The van der Waals surface area contributed by atoms with E-state index in [-0.39, 0.29) is 5.54 Å². The Balaban J connectivity index is 2.54. The van der Waals surface area contributed by atoms with E-state index in [9.17, 15) is 0 Å². The van der Waals surface area contributed by atoms with Crippen LogP contribution >= 0.6 is 0 Å². The number of hydrogen-bond acceptors (Lipinski definition) is 2. The third kappa shape index (κ3) is 1.72. The normalized spacial score (nSPS) is 38.1. The van der Waals surface area contributed by atoms with Crippen molar-refractivity contribution in [3.05, 3.63) is 0 Å². The maximum Gasteiger partial charge on any atom is 0.106 e. The fourth-order valence-corrected chi connectivity index (χ4v) is 1.67. The first-order chi connectivity index (χ1) is 5.22. The highest BCUT2D eigenvalue weighted by Crippen LogP contribution is 2.30. The van der Waals surface area contributed by atoms with Gasteiger partial charge in [-0.25, -0.2) is 0 Å². The van der Waals surface area contributed by atoms with Crippen molar-refractivity contribution in [2.24, 2.45) is 5.92 Å². The minimum atomic E-state index is -0.202. The second-order valence-corrected chi connectivity index (χ2v) is 3.63. The van der Waals surface area contributed by atoms with E-state index in [4.69, 9.17) is 5.26 Å². The van der Waals surface area contributed by atoms with Gasteiger partial charge in [-0.15, -0.1) is 0 Å². The zero-order valence-electron chi connectivity index (χ0n) is 7.35. The van der Waals surface area contributed by atoms with Crippen LogP contribution < -0.4 is 5.32 Å². The molecule has 0 heterocycles. The van der Waals surface area contributed by atoms with Crippen LogP contribution in [0, 0.1) is 17.2 Å². The molecule has 0 spiro atoms. The average molecular weight is 152 g/mol. The molecule has 0 radical (unpaired) electrons. The fourth-order valence-electron chi connectivity index (χ4n) is 1.67. The Labute approximate surface area is 68.6 Å². The fraction of sp³-hybridized carbons (Fsp3) is 0.889. The van der Waals surface area contributed by atoms with Gasteiger partial charge in [-0.1, -0.05) is 6.92 Å². The third-order valence-corrected chi connectivity index (χ3v) is 2.82. The van der Waals surface area contributed by atoms with Crippen LogP contribution in [0.2, 0.25) is 0 Å². The lowest BCUT2D eigenvalue weighted by Gasteiger charge is -2.33.